The molecule has 0 atom stereocenters. The van der Waals surface area contributed by atoms with E-state index in [1.54, 1.807) is 12.1 Å². The van der Waals surface area contributed by atoms with Gasteiger partial charge in [0.15, 0.2) is 0 Å². The zero-order chi connectivity index (χ0) is 18.8. The van der Waals surface area contributed by atoms with E-state index in [1.165, 1.54) is 28.0 Å². The van der Waals surface area contributed by atoms with Gasteiger partial charge in [-0.2, -0.15) is 0 Å². The van der Waals surface area contributed by atoms with E-state index in [1.807, 2.05) is 35.7 Å². The van der Waals surface area contributed by atoms with Gasteiger partial charge in [0.2, 0.25) is 0 Å². The number of rotatable bonds is 5. The first kappa shape index (κ1) is 17.5. The topological polar surface area (TPSA) is 34.9 Å². The highest BCUT2D eigenvalue weighted by molar-refractivity contribution is 7.17. The second-order valence-electron chi connectivity index (χ2n) is 6.17. The highest BCUT2D eigenvalue weighted by Crippen LogP contribution is 2.31. The molecule has 0 radical (unpaired) electrons. The van der Waals surface area contributed by atoms with Gasteiger partial charge in [-0.3, -0.25) is 9.36 Å². The van der Waals surface area contributed by atoms with E-state index in [0.717, 1.165) is 11.1 Å². The first-order valence-electron chi connectivity index (χ1n) is 8.54. The lowest BCUT2D eigenvalue weighted by molar-refractivity contribution is 0.433. The molecule has 27 heavy (non-hydrogen) atoms. The number of aromatic nitrogens is 2. The van der Waals surface area contributed by atoms with Crippen molar-refractivity contribution in [3.05, 3.63) is 87.5 Å². The Morgan fingerprint density at radius 1 is 1.04 bits per heavy atom. The molecule has 4 aromatic rings. The molecule has 0 fully saturated rings. The van der Waals surface area contributed by atoms with Crippen LogP contribution in [0.25, 0.3) is 21.3 Å². The second kappa shape index (κ2) is 7.40. The van der Waals surface area contributed by atoms with Crippen LogP contribution >= 0.6 is 11.3 Å². The Morgan fingerprint density at radius 2 is 1.78 bits per heavy atom. The van der Waals surface area contributed by atoms with Gasteiger partial charge in [0.05, 0.1) is 11.9 Å². The molecule has 6 heteroatoms. The van der Waals surface area contributed by atoms with Crippen LogP contribution in [-0.4, -0.2) is 16.2 Å². The van der Waals surface area contributed by atoms with Gasteiger partial charge in [0.25, 0.3) is 5.56 Å². The van der Waals surface area contributed by atoms with Crippen LogP contribution in [0.3, 0.4) is 0 Å². The van der Waals surface area contributed by atoms with E-state index in [0.29, 0.717) is 28.0 Å². The van der Waals surface area contributed by atoms with E-state index in [2.05, 4.69) is 4.98 Å². The Balaban J connectivity index is 1.88. The highest BCUT2D eigenvalue weighted by atomic mass is 32.1. The first-order chi connectivity index (χ1) is 13.2. The van der Waals surface area contributed by atoms with Crippen molar-refractivity contribution < 1.29 is 8.78 Å². The van der Waals surface area contributed by atoms with E-state index in [-0.39, 0.29) is 17.9 Å². The molecule has 0 aliphatic rings. The molecule has 0 aliphatic carbocycles. The quantitative estimate of drug-likeness (QED) is 0.496. The molecule has 0 N–H and O–H groups in total. The number of benzene rings is 2. The Labute approximate surface area is 158 Å². The lowest BCUT2D eigenvalue weighted by Gasteiger charge is -2.11. The maximum Gasteiger partial charge on any atom is 0.262 e. The van der Waals surface area contributed by atoms with Gasteiger partial charge in [0.1, 0.15) is 23.1 Å². The summed E-state index contributed by atoms with van der Waals surface area (Å²) in [5, 5.41) is 2.30. The number of alkyl halides is 1. The Kier molecular flexibility index (Phi) is 4.81. The summed E-state index contributed by atoms with van der Waals surface area (Å²) in [6.45, 7) is -0.687. The summed E-state index contributed by atoms with van der Waals surface area (Å²) < 4.78 is 27.8. The van der Waals surface area contributed by atoms with E-state index in [4.69, 9.17) is 0 Å². The monoisotopic (exact) mass is 382 g/mol. The lowest BCUT2D eigenvalue weighted by atomic mass is 10.1. The lowest BCUT2D eigenvalue weighted by Crippen LogP contribution is -2.26. The summed E-state index contributed by atoms with van der Waals surface area (Å²) in [5.74, 6) is 0.209. The number of hydrogen-bond acceptors (Lipinski definition) is 3. The van der Waals surface area contributed by atoms with Crippen molar-refractivity contribution in [3.63, 3.8) is 0 Å². The number of thiophene rings is 1. The molecular weight excluding hydrogens is 366 g/mol. The van der Waals surface area contributed by atoms with Crippen LogP contribution in [0.1, 0.15) is 11.4 Å². The van der Waals surface area contributed by atoms with Crippen molar-refractivity contribution in [1.82, 2.24) is 9.55 Å². The molecule has 0 amide bonds. The molecule has 0 bridgehead atoms. The molecule has 0 unspecified atom stereocenters. The molecule has 2 heterocycles. The Morgan fingerprint density at radius 3 is 2.48 bits per heavy atom. The van der Waals surface area contributed by atoms with Gasteiger partial charge in [-0.1, -0.05) is 42.5 Å². The zero-order valence-corrected chi connectivity index (χ0v) is 15.2. The van der Waals surface area contributed by atoms with Crippen molar-refractivity contribution in [2.45, 2.75) is 13.0 Å². The van der Waals surface area contributed by atoms with Gasteiger partial charge in [-0.05, 0) is 23.3 Å². The van der Waals surface area contributed by atoms with E-state index >= 15 is 0 Å². The molecule has 0 spiro atoms. The van der Waals surface area contributed by atoms with Crippen molar-refractivity contribution in [2.75, 3.05) is 6.67 Å². The minimum atomic E-state index is -0.648. The van der Waals surface area contributed by atoms with Gasteiger partial charge in [-0.15, -0.1) is 11.3 Å². The van der Waals surface area contributed by atoms with Crippen LogP contribution in [0.4, 0.5) is 8.78 Å². The van der Waals surface area contributed by atoms with Crippen molar-refractivity contribution in [2.24, 2.45) is 0 Å². The summed E-state index contributed by atoms with van der Waals surface area (Å²) >= 11 is 1.37. The summed E-state index contributed by atoms with van der Waals surface area (Å²) in [5.41, 5.74) is 2.19. The fraction of sp³-hybridized carbons (Fsp3) is 0.143. The van der Waals surface area contributed by atoms with Gasteiger partial charge < -0.3 is 0 Å². The largest absolute Gasteiger partial charge is 0.293 e. The summed E-state index contributed by atoms with van der Waals surface area (Å²) in [7, 11) is 0. The zero-order valence-electron chi connectivity index (χ0n) is 14.4. The van der Waals surface area contributed by atoms with Crippen LogP contribution in [0.2, 0.25) is 0 Å². The summed E-state index contributed by atoms with van der Waals surface area (Å²) in [6, 6.07) is 15.6. The van der Waals surface area contributed by atoms with Crippen LogP contribution in [0.5, 0.6) is 0 Å². The summed E-state index contributed by atoms with van der Waals surface area (Å²) in [6.07, 6.45) is 0.454. The smallest absolute Gasteiger partial charge is 0.262 e. The molecule has 2 aromatic carbocycles. The normalized spacial score (nSPS) is 11.2. The van der Waals surface area contributed by atoms with Crippen molar-refractivity contribution in [1.29, 1.82) is 0 Å². The number of nitrogens with zero attached hydrogens (tertiary/aromatic N) is 2. The number of fused-ring (bicyclic) bond motifs is 1. The minimum Gasteiger partial charge on any atom is -0.293 e. The number of halogens is 2. The predicted octanol–water partition coefficient (Wildman–Crippen LogP) is 4.82. The van der Waals surface area contributed by atoms with Crippen LogP contribution < -0.4 is 5.56 Å². The molecule has 0 saturated carbocycles. The van der Waals surface area contributed by atoms with Gasteiger partial charge >= 0.3 is 0 Å². The summed E-state index contributed by atoms with van der Waals surface area (Å²) in [4.78, 5) is 18.4. The average Bonchev–Trinajstić information content (AvgIpc) is 3.10. The third-order valence-corrected chi connectivity index (χ3v) is 5.31. The van der Waals surface area contributed by atoms with Crippen LogP contribution in [-0.2, 0) is 13.0 Å². The third-order valence-electron chi connectivity index (χ3n) is 4.44. The molecular formula is C21H16F2N2OS. The standard InChI is InChI=1S/C21H16F2N2OS/c22-10-11-25-18(12-14-4-2-1-3-5-14)24-20-19(21(25)26)17(13-27-20)15-6-8-16(23)9-7-15/h1-9,13H,10-12H2. The molecule has 0 aliphatic heterocycles. The van der Waals surface area contributed by atoms with Gasteiger partial charge in [0, 0.05) is 17.4 Å². The molecule has 2 aromatic heterocycles. The van der Waals surface area contributed by atoms with Crippen LogP contribution in [0, 0.1) is 5.82 Å². The molecule has 3 nitrogen and oxygen atoms in total. The minimum absolute atomic E-state index is 0.0390. The maximum absolute atomic E-state index is 13.2. The van der Waals surface area contributed by atoms with Crippen molar-refractivity contribution >= 4 is 21.6 Å². The SMILES string of the molecule is O=c1c2c(-c3ccc(F)cc3)csc2nc(Cc2ccccc2)n1CCF. The van der Waals surface area contributed by atoms with E-state index in [9.17, 15) is 13.6 Å². The Hall–Kier alpha value is -2.86. The van der Waals surface area contributed by atoms with E-state index < -0.39 is 6.67 Å². The maximum atomic E-state index is 13.2. The highest BCUT2D eigenvalue weighted by Gasteiger charge is 2.17. The first-order valence-corrected chi connectivity index (χ1v) is 9.42. The van der Waals surface area contributed by atoms with Crippen LogP contribution in [0.15, 0.2) is 64.8 Å². The number of hydrogen-bond donors (Lipinski definition) is 0. The fourth-order valence-electron chi connectivity index (χ4n) is 3.14. The molecule has 4 rings (SSSR count). The third kappa shape index (κ3) is 3.40. The average molecular weight is 382 g/mol. The van der Waals surface area contributed by atoms with Crippen molar-refractivity contribution in [3.8, 4) is 11.1 Å². The predicted molar refractivity (Wildman–Crippen MR) is 104 cm³/mol. The Bertz CT molecular complexity index is 1130. The van der Waals surface area contributed by atoms with Gasteiger partial charge in [-0.25, -0.2) is 13.8 Å². The molecule has 136 valence electrons. The molecule has 0 saturated heterocycles. The second-order valence-corrected chi connectivity index (χ2v) is 7.03. The fourth-order valence-corrected chi connectivity index (χ4v) is 4.09.